The first-order valence-corrected chi connectivity index (χ1v) is 7.37. The zero-order chi connectivity index (χ0) is 15.0. The van der Waals surface area contributed by atoms with E-state index in [0.717, 1.165) is 5.56 Å². The number of carbonyl (C=O) groups excluding carboxylic acids is 1. The topological polar surface area (TPSA) is 80.9 Å². The third-order valence-corrected chi connectivity index (χ3v) is 4.30. The van der Waals surface area contributed by atoms with Gasteiger partial charge in [-0.3, -0.25) is 4.79 Å². The standard InChI is InChI=1S/C14H11ClN4OS/c1-7-2-3-10(9(15)4-7)19-14(20)8-5-21-12-11(8)17-6-18-13(12)16/h2-6H,1H3,(H,19,20)(H2,16,17,18). The number of aryl methyl sites for hydroxylation is 1. The van der Waals surface area contributed by atoms with Crippen LogP contribution in [0.1, 0.15) is 15.9 Å². The van der Waals surface area contributed by atoms with Gasteiger partial charge in [-0.15, -0.1) is 11.3 Å². The molecule has 0 radical (unpaired) electrons. The summed E-state index contributed by atoms with van der Waals surface area (Å²) >= 11 is 7.46. The minimum atomic E-state index is -0.273. The summed E-state index contributed by atoms with van der Waals surface area (Å²) in [4.78, 5) is 20.4. The number of hydrogen-bond acceptors (Lipinski definition) is 5. The van der Waals surface area contributed by atoms with Crippen LogP contribution in [0.5, 0.6) is 0 Å². The van der Waals surface area contributed by atoms with Gasteiger partial charge < -0.3 is 11.1 Å². The molecule has 0 aliphatic heterocycles. The average Bonchev–Trinajstić information content (AvgIpc) is 2.87. The van der Waals surface area contributed by atoms with Gasteiger partial charge in [0.25, 0.3) is 5.91 Å². The molecule has 2 aromatic heterocycles. The molecule has 0 aliphatic carbocycles. The number of hydrogen-bond donors (Lipinski definition) is 2. The second-order valence-electron chi connectivity index (χ2n) is 4.52. The van der Waals surface area contributed by atoms with E-state index < -0.39 is 0 Å². The molecule has 21 heavy (non-hydrogen) atoms. The maximum atomic E-state index is 12.4. The van der Waals surface area contributed by atoms with E-state index in [9.17, 15) is 4.79 Å². The van der Waals surface area contributed by atoms with E-state index in [1.807, 2.05) is 13.0 Å². The van der Waals surface area contributed by atoms with Gasteiger partial charge >= 0.3 is 0 Å². The van der Waals surface area contributed by atoms with Crippen molar-refractivity contribution in [2.45, 2.75) is 6.92 Å². The van der Waals surface area contributed by atoms with Crippen molar-refractivity contribution in [1.82, 2.24) is 9.97 Å². The van der Waals surface area contributed by atoms with E-state index in [0.29, 0.717) is 32.3 Å². The molecule has 1 amide bonds. The van der Waals surface area contributed by atoms with E-state index in [1.54, 1.807) is 17.5 Å². The first-order valence-electron chi connectivity index (χ1n) is 6.11. The van der Waals surface area contributed by atoms with Gasteiger partial charge in [0.05, 0.1) is 26.5 Å². The molecule has 1 aromatic carbocycles. The summed E-state index contributed by atoms with van der Waals surface area (Å²) in [6.07, 6.45) is 1.35. The Balaban J connectivity index is 1.96. The van der Waals surface area contributed by atoms with Crippen molar-refractivity contribution in [3.8, 4) is 0 Å². The summed E-state index contributed by atoms with van der Waals surface area (Å²) in [5, 5.41) is 5.00. The van der Waals surface area contributed by atoms with Crippen LogP contribution in [0.3, 0.4) is 0 Å². The van der Waals surface area contributed by atoms with Crippen LogP contribution in [0.15, 0.2) is 29.9 Å². The number of anilines is 2. The Bertz CT molecular complexity index is 846. The average molecular weight is 319 g/mol. The Labute approximate surface area is 129 Å². The molecule has 0 fully saturated rings. The van der Waals surface area contributed by atoms with Crippen LogP contribution in [0, 0.1) is 6.92 Å². The molecule has 3 rings (SSSR count). The summed E-state index contributed by atoms with van der Waals surface area (Å²) in [5.41, 5.74) is 8.37. The minimum Gasteiger partial charge on any atom is -0.382 e. The van der Waals surface area contributed by atoms with Crippen LogP contribution in [-0.4, -0.2) is 15.9 Å². The lowest BCUT2D eigenvalue weighted by atomic mass is 10.2. The zero-order valence-corrected chi connectivity index (χ0v) is 12.6. The lowest BCUT2D eigenvalue weighted by molar-refractivity contribution is 0.102. The molecule has 0 saturated carbocycles. The Hall–Kier alpha value is -2.18. The number of aromatic nitrogens is 2. The molecule has 0 aliphatic rings. The molecule has 3 N–H and O–H groups in total. The third-order valence-electron chi connectivity index (χ3n) is 3.00. The molecule has 0 saturated heterocycles. The third kappa shape index (κ3) is 2.55. The maximum Gasteiger partial charge on any atom is 0.258 e. The highest BCUT2D eigenvalue weighted by Gasteiger charge is 2.16. The molecule has 3 aromatic rings. The number of fused-ring (bicyclic) bond motifs is 1. The van der Waals surface area contributed by atoms with Crippen LogP contribution in [0.25, 0.3) is 10.2 Å². The van der Waals surface area contributed by atoms with E-state index in [4.69, 9.17) is 17.3 Å². The molecule has 2 heterocycles. The second-order valence-corrected chi connectivity index (χ2v) is 5.81. The van der Waals surface area contributed by atoms with Crippen LogP contribution >= 0.6 is 22.9 Å². The molecule has 0 spiro atoms. The molecular formula is C14H11ClN4OS. The smallest absolute Gasteiger partial charge is 0.258 e. The normalized spacial score (nSPS) is 10.8. The SMILES string of the molecule is Cc1ccc(NC(=O)c2csc3c(N)ncnc23)c(Cl)c1. The highest BCUT2D eigenvalue weighted by molar-refractivity contribution is 7.18. The van der Waals surface area contributed by atoms with Gasteiger partial charge in [-0.05, 0) is 24.6 Å². The van der Waals surface area contributed by atoms with Gasteiger partial charge in [-0.2, -0.15) is 0 Å². The summed E-state index contributed by atoms with van der Waals surface area (Å²) in [6.45, 7) is 1.93. The largest absolute Gasteiger partial charge is 0.382 e. The van der Waals surface area contributed by atoms with Gasteiger partial charge in [-0.25, -0.2) is 9.97 Å². The van der Waals surface area contributed by atoms with Crippen molar-refractivity contribution >= 4 is 50.6 Å². The Morgan fingerprint density at radius 1 is 1.38 bits per heavy atom. The van der Waals surface area contributed by atoms with E-state index in [2.05, 4.69) is 15.3 Å². The second kappa shape index (κ2) is 5.31. The van der Waals surface area contributed by atoms with E-state index in [1.165, 1.54) is 17.7 Å². The Kier molecular flexibility index (Phi) is 3.48. The van der Waals surface area contributed by atoms with Crippen molar-refractivity contribution in [2.75, 3.05) is 11.1 Å². The summed E-state index contributed by atoms with van der Waals surface area (Å²) in [6, 6.07) is 5.45. The van der Waals surface area contributed by atoms with Gasteiger partial charge in [0.1, 0.15) is 12.1 Å². The highest BCUT2D eigenvalue weighted by atomic mass is 35.5. The number of nitrogens with two attached hydrogens (primary N) is 1. The van der Waals surface area contributed by atoms with Crippen LogP contribution < -0.4 is 11.1 Å². The fraction of sp³-hybridized carbons (Fsp3) is 0.0714. The van der Waals surface area contributed by atoms with Gasteiger partial charge in [0.15, 0.2) is 0 Å². The van der Waals surface area contributed by atoms with Crippen molar-refractivity contribution in [3.05, 3.63) is 46.1 Å². The van der Waals surface area contributed by atoms with E-state index >= 15 is 0 Å². The number of amides is 1. The fourth-order valence-corrected chi connectivity index (χ4v) is 3.13. The molecule has 0 unspecified atom stereocenters. The molecular weight excluding hydrogens is 308 g/mol. The zero-order valence-electron chi connectivity index (χ0n) is 11.1. The van der Waals surface area contributed by atoms with Gasteiger partial charge in [-0.1, -0.05) is 17.7 Å². The Morgan fingerprint density at radius 2 is 2.19 bits per heavy atom. The first kappa shape index (κ1) is 13.8. The number of halogens is 1. The van der Waals surface area contributed by atoms with Crippen molar-refractivity contribution in [2.24, 2.45) is 0 Å². The lowest BCUT2D eigenvalue weighted by Gasteiger charge is -2.07. The fourth-order valence-electron chi connectivity index (χ4n) is 1.94. The van der Waals surface area contributed by atoms with Crippen LogP contribution in [0.4, 0.5) is 11.5 Å². The molecule has 7 heteroatoms. The predicted molar refractivity (Wildman–Crippen MR) is 86.0 cm³/mol. The number of rotatable bonds is 2. The van der Waals surface area contributed by atoms with Crippen LogP contribution in [-0.2, 0) is 0 Å². The van der Waals surface area contributed by atoms with Crippen molar-refractivity contribution in [1.29, 1.82) is 0 Å². The number of nitrogen functional groups attached to an aromatic ring is 1. The van der Waals surface area contributed by atoms with Gasteiger partial charge in [0.2, 0.25) is 0 Å². The monoisotopic (exact) mass is 318 g/mol. The quantitative estimate of drug-likeness (QED) is 0.758. The molecule has 0 atom stereocenters. The predicted octanol–water partition coefficient (Wildman–Crippen LogP) is 3.49. The summed E-state index contributed by atoms with van der Waals surface area (Å²) < 4.78 is 0.706. The minimum absolute atomic E-state index is 0.273. The summed E-state index contributed by atoms with van der Waals surface area (Å²) in [7, 11) is 0. The number of nitrogens with one attached hydrogen (secondary N) is 1. The molecule has 106 valence electrons. The number of carbonyl (C=O) groups is 1. The summed E-state index contributed by atoms with van der Waals surface area (Å²) in [5.74, 6) is 0.0996. The van der Waals surface area contributed by atoms with Crippen molar-refractivity contribution in [3.63, 3.8) is 0 Å². The van der Waals surface area contributed by atoms with Gasteiger partial charge in [0, 0.05) is 5.38 Å². The van der Waals surface area contributed by atoms with E-state index in [-0.39, 0.29) is 5.91 Å². The maximum absolute atomic E-state index is 12.4. The molecule has 0 bridgehead atoms. The van der Waals surface area contributed by atoms with Crippen molar-refractivity contribution < 1.29 is 4.79 Å². The molecule has 5 nitrogen and oxygen atoms in total. The first-order chi connectivity index (χ1) is 10.1. The number of thiophene rings is 1. The lowest BCUT2D eigenvalue weighted by Crippen LogP contribution is -2.12. The number of nitrogens with zero attached hydrogens (tertiary/aromatic N) is 2. The Morgan fingerprint density at radius 3 is 2.95 bits per heavy atom. The highest BCUT2D eigenvalue weighted by Crippen LogP contribution is 2.29. The number of benzene rings is 1. The van der Waals surface area contributed by atoms with Crippen LogP contribution in [0.2, 0.25) is 5.02 Å².